The molecular weight excluding hydrogens is 483 g/mol. The smallest absolute Gasteiger partial charge is 0.215 e. The Labute approximate surface area is 180 Å². The highest BCUT2D eigenvalue weighted by Gasteiger charge is 2.37. The highest BCUT2D eigenvalue weighted by molar-refractivity contribution is 14.0. The zero-order chi connectivity index (χ0) is 18.3. The Bertz CT molecular complexity index is 545. The second-order valence-electron chi connectivity index (χ2n) is 7.63. The Balaban J connectivity index is 0.00000338. The van der Waals surface area contributed by atoms with Crippen molar-refractivity contribution >= 4 is 51.7 Å². The van der Waals surface area contributed by atoms with Gasteiger partial charge in [0.2, 0.25) is 10.0 Å². The summed E-state index contributed by atoms with van der Waals surface area (Å²) in [6.07, 6.45) is 5.10. The van der Waals surface area contributed by atoms with Crippen molar-refractivity contribution in [1.82, 2.24) is 14.9 Å². The van der Waals surface area contributed by atoms with Crippen LogP contribution in [0.25, 0.3) is 0 Å². The lowest BCUT2D eigenvalue weighted by atomic mass is 9.64. The number of nitrogens with zero attached hydrogens (tertiary/aromatic N) is 2. The van der Waals surface area contributed by atoms with Crippen molar-refractivity contribution in [1.29, 1.82) is 0 Å². The van der Waals surface area contributed by atoms with Crippen LogP contribution in [0.3, 0.4) is 0 Å². The number of nitrogens with one attached hydrogen (secondary N) is 2. The third-order valence-electron chi connectivity index (χ3n) is 5.13. The standard InChI is InChI=1S/C17H34N4O2S2.HI/c1-15(2)13-17(5-4-6-17)14-20-16(18-3)19-7-12-25(22,23)21-8-10-24-11-9-21;/h15H,4-14H2,1-3H3,(H2,18,19,20);1H. The van der Waals surface area contributed by atoms with Crippen molar-refractivity contribution in [3.05, 3.63) is 0 Å². The van der Waals surface area contributed by atoms with Gasteiger partial charge in [-0.2, -0.15) is 11.8 Å². The summed E-state index contributed by atoms with van der Waals surface area (Å²) in [5.41, 5.74) is 0.392. The number of halogens is 1. The molecule has 1 saturated carbocycles. The first kappa shape index (κ1) is 24.3. The van der Waals surface area contributed by atoms with Crippen LogP contribution >= 0.6 is 35.7 Å². The third-order valence-corrected chi connectivity index (χ3v) is 7.94. The van der Waals surface area contributed by atoms with E-state index in [1.165, 1.54) is 25.7 Å². The first-order chi connectivity index (χ1) is 11.9. The van der Waals surface area contributed by atoms with Gasteiger partial charge in [-0.3, -0.25) is 4.99 Å². The third kappa shape index (κ3) is 7.35. The molecule has 0 aromatic rings. The summed E-state index contributed by atoms with van der Waals surface area (Å²) < 4.78 is 26.3. The summed E-state index contributed by atoms with van der Waals surface area (Å²) in [5.74, 6) is 3.32. The van der Waals surface area contributed by atoms with Crippen molar-refractivity contribution in [3.8, 4) is 0 Å². The summed E-state index contributed by atoms with van der Waals surface area (Å²) in [6, 6.07) is 0. The molecule has 2 N–H and O–H groups in total. The number of hydrogen-bond acceptors (Lipinski definition) is 4. The minimum Gasteiger partial charge on any atom is -0.356 e. The second kappa shape index (κ2) is 11.3. The average Bonchev–Trinajstić information content (AvgIpc) is 2.55. The van der Waals surface area contributed by atoms with Gasteiger partial charge in [0.15, 0.2) is 5.96 Å². The van der Waals surface area contributed by atoms with Crippen molar-refractivity contribution in [2.24, 2.45) is 16.3 Å². The lowest BCUT2D eigenvalue weighted by Crippen LogP contribution is -2.48. The fourth-order valence-corrected chi connectivity index (χ4v) is 6.23. The quantitative estimate of drug-likeness (QED) is 0.293. The van der Waals surface area contributed by atoms with E-state index in [0.717, 1.165) is 18.1 Å². The largest absolute Gasteiger partial charge is 0.356 e. The topological polar surface area (TPSA) is 73.8 Å². The molecule has 1 aliphatic heterocycles. The van der Waals surface area contributed by atoms with Crippen molar-refractivity contribution in [2.45, 2.75) is 39.5 Å². The van der Waals surface area contributed by atoms with Gasteiger partial charge in [-0.25, -0.2) is 12.7 Å². The molecule has 6 nitrogen and oxygen atoms in total. The molecular formula is C17H35IN4O2S2. The van der Waals surface area contributed by atoms with Gasteiger partial charge in [0, 0.05) is 44.7 Å². The molecule has 2 aliphatic rings. The predicted octanol–water partition coefficient (Wildman–Crippen LogP) is 2.36. The van der Waals surface area contributed by atoms with E-state index < -0.39 is 10.0 Å². The molecule has 26 heavy (non-hydrogen) atoms. The molecule has 1 heterocycles. The maximum atomic E-state index is 12.4. The summed E-state index contributed by atoms with van der Waals surface area (Å²) in [6.45, 7) is 7.13. The Morgan fingerprint density at radius 3 is 2.38 bits per heavy atom. The SMILES string of the molecule is CN=C(NCCS(=O)(=O)N1CCSCC1)NCC1(CC(C)C)CCC1.I. The van der Waals surface area contributed by atoms with Crippen LogP contribution in [0.2, 0.25) is 0 Å². The van der Waals surface area contributed by atoms with Gasteiger partial charge >= 0.3 is 0 Å². The molecule has 0 aromatic heterocycles. The zero-order valence-electron chi connectivity index (χ0n) is 16.3. The molecule has 0 spiro atoms. The number of guanidine groups is 1. The van der Waals surface area contributed by atoms with Crippen molar-refractivity contribution in [2.75, 3.05) is 50.5 Å². The summed E-state index contributed by atoms with van der Waals surface area (Å²) in [7, 11) is -1.43. The van der Waals surface area contributed by atoms with Gasteiger partial charge < -0.3 is 10.6 Å². The first-order valence-corrected chi connectivity index (χ1v) is 12.1. The molecule has 1 aliphatic carbocycles. The van der Waals surface area contributed by atoms with Gasteiger partial charge in [0.1, 0.15) is 0 Å². The molecule has 9 heteroatoms. The van der Waals surface area contributed by atoms with E-state index in [1.807, 2.05) is 11.8 Å². The molecule has 2 fully saturated rings. The minimum absolute atomic E-state index is 0. The fourth-order valence-electron chi connectivity index (χ4n) is 3.74. The van der Waals surface area contributed by atoms with E-state index in [4.69, 9.17) is 0 Å². The van der Waals surface area contributed by atoms with Crippen LogP contribution in [0.15, 0.2) is 4.99 Å². The van der Waals surface area contributed by atoms with Crippen LogP contribution in [0, 0.1) is 11.3 Å². The Hall–Kier alpha value is 0.260. The van der Waals surface area contributed by atoms with Crippen LogP contribution < -0.4 is 10.6 Å². The van der Waals surface area contributed by atoms with E-state index >= 15 is 0 Å². The zero-order valence-corrected chi connectivity index (χ0v) is 20.3. The Morgan fingerprint density at radius 1 is 1.23 bits per heavy atom. The first-order valence-electron chi connectivity index (χ1n) is 9.37. The number of aliphatic imine (C=N–C) groups is 1. The summed E-state index contributed by atoms with van der Waals surface area (Å²) >= 11 is 1.82. The van der Waals surface area contributed by atoms with Gasteiger partial charge in [0.25, 0.3) is 0 Å². The van der Waals surface area contributed by atoms with E-state index in [0.29, 0.717) is 36.9 Å². The van der Waals surface area contributed by atoms with Crippen LogP contribution in [0.5, 0.6) is 0 Å². The van der Waals surface area contributed by atoms with Gasteiger partial charge in [-0.1, -0.05) is 20.3 Å². The maximum absolute atomic E-state index is 12.4. The van der Waals surface area contributed by atoms with Gasteiger partial charge in [-0.05, 0) is 30.6 Å². The number of sulfonamides is 1. The molecule has 0 amide bonds. The van der Waals surface area contributed by atoms with Gasteiger partial charge in [0.05, 0.1) is 5.75 Å². The van der Waals surface area contributed by atoms with Crippen LogP contribution in [0.4, 0.5) is 0 Å². The molecule has 0 bridgehead atoms. The summed E-state index contributed by atoms with van der Waals surface area (Å²) in [4.78, 5) is 4.24. The molecule has 0 unspecified atom stereocenters. The Kier molecular flexibility index (Phi) is 10.6. The molecule has 2 rings (SSSR count). The lowest BCUT2D eigenvalue weighted by molar-refractivity contribution is 0.104. The fraction of sp³-hybridized carbons (Fsp3) is 0.941. The normalized spacial score (nSPS) is 21.0. The minimum atomic E-state index is -3.17. The predicted molar refractivity (Wildman–Crippen MR) is 123 cm³/mol. The number of hydrogen-bond donors (Lipinski definition) is 2. The highest BCUT2D eigenvalue weighted by Crippen LogP contribution is 2.45. The highest BCUT2D eigenvalue weighted by atomic mass is 127. The van der Waals surface area contributed by atoms with E-state index in [9.17, 15) is 8.42 Å². The van der Waals surface area contributed by atoms with Crippen molar-refractivity contribution in [3.63, 3.8) is 0 Å². The Morgan fingerprint density at radius 2 is 1.88 bits per heavy atom. The van der Waals surface area contributed by atoms with Crippen LogP contribution in [-0.4, -0.2) is 69.2 Å². The van der Waals surface area contributed by atoms with E-state index in [-0.39, 0.29) is 29.7 Å². The molecule has 0 atom stereocenters. The van der Waals surface area contributed by atoms with Crippen LogP contribution in [-0.2, 0) is 10.0 Å². The summed E-state index contributed by atoms with van der Waals surface area (Å²) in [5, 5.41) is 6.58. The monoisotopic (exact) mass is 518 g/mol. The lowest BCUT2D eigenvalue weighted by Gasteiger charge is -2.43. The molecule has 0 aromatic carbocycles. The number of rotatable bonds is 8. The number of thioether (sulfide) groups is 1. The van der Waals surface area contributed by atoms with Crippen LogP contribution in [0.1, 0.15) is 39.5 Å². The second-order valence-corrected chi connectivity index (χ2v) is 10.9. The molecule has 1 saturated heterocycles. The van der Waals surface area contributed by atoms with Crippen molar-refractivity contribution < 1.29 is 8.42 Å². The average molecular weight is 519 g/mol. The molecule has 0 radical (unpaired) electrons. The van der Waals surface area contributed by atoms with E-state index in [1.54, 1.807) is 11.4 Å². The van der Waals surface area contributed by atoms with Gasteiger partial charge in [-0.15, -0.1) is 24.0 Å². The molecule has 154 valence electrons. The van der Waals surface area contributed by atoms with E-state index in [2.05, 4.69) is 29.5 Å². The maximum Gasteiger partial charge on any atom is 0.215 e.